The van der Waals surface area contributed by atoms with Crippen LogP contribution in [0.4, 0.5) is 5.13 Å². The first-order valence-electron chi connectivity index (χ1n) is 8.94. The van der Waals surface area contributed by atoms with Crippen LogP contribution in [0.2, 0.25) is 0 Å². The fourth-order valence-electron chi connectivity index (χ4n) is 3.29. The molecule has 1 fully saturated rings. The van der Waals surface area contributed by atoms with Crippen molar-refractivity contribution in [2.45, 2.75) is 32.1 Å². The summed E-state index contributed by atoms with van der Waals surface area (Å²) in [6.45, 7) is 4.14. The van der Waals surface area contributed by atoms with Gasteiger partial charge in [-0.25, -0.2) is 9.97 Å². The molecule has 0 aliphatic carbocycles. The monoisotopic (exact) mass is 386 g/mol. The number of aryl methyl sites for hydroxylation is 1. The van der Waals surface area contributed by atoms with E-state index in [2.05, 4.69) is 32.6 Å². The number of hydrogen-bond donors (Lipinski definition) is 0. The molecule has 0 amide bonds. The summed E-state index contributed by atoms with van der Waals surface area (Å²) >= 11 is 3.29. The standard InChI is InChI=1S/C19H22N4OS2/c1-3-17-21-19(26-22-17)23-10-8-13(9-11-23)18-20-15(12-25-18)14-6-4-5-7-16(14)24-2/h4-7,12-13H,3,8-11H2,1-2H3. The van der Waals surface area contributed by atoms with Gasteiger partial charge in [0.1, 0.15) is 11.6 Å². The number of rotatable bonds is 5. The van der Waals surface area contributed by atoms with Crippen molar-refractivity contribution in [1.29, 1.82) is 0 Å². The molecule has 2 aromatic heterocycles. The summed E-state index contributed by atoms with van der Waals surface area (Å²) in [4.78, 5) is 11.9. The van der Waals surface area contributed by atoms with Gasteiger partial charge in [0.05, 0.1) is 17.8 Å². The van der Waals surface area contributed by atoms with Crippen LogP contribution in [0.15, 0.2) is 29.6 Å². The summed E-state index contributed by atoms with van der Waals surface area (Å²) in [5.41, 5.74) is 2.08. The predicted molar refractivity (Wildman–Crippen MR) is 108 cm³/mol. The molecule has 3 aromatic rings. The predicted octanol–water partition coefficient (Wildman–Crippen LogP) is 4.62. The van der Waals surface area contributed by atoms with Gasteiger partial charge in [-0.1, -0.05) is 19.1 Å². The van der Waals surface area contributed by atoms with Crippen molar-refractivity contribution in [3.63, 3.8) is 0 Å². The van der Waals surface area contributed by atoms with E-state index in [0.717, 1.165) is 60.3 Å². The minimum Gasteiger partial charge on any atom is -0.496 e. The maximum Gasteiger partial charge on any atom is 0.205 e. The van der Waals surface area contributed by atoms with Gasteiger partial charge in [-0.3, -0.25) is 0 Å². The van der Waals surface area contributed by atoms with Crippen molar-refractivity contribution >= 4 is 28.0 Å². The van der Waals surface area contributed by atoms with E-state index in [4.69, 9.17) is 9.72 Å². The fraction of sp³-hybridized carbons (Fsp3) is 0.421. The van der Waals surface area contributed by atoms with Crippen molar-refractivity contribution in [3.05, 3.63) is 40.5 Å². The maximum absolute atomic E-state index is 5.47. The van der Waals surface area contributed by atoms with Gasteiger partial charge in [-0.2, -0.15) is 4.37 Å². The second-order valence-corrected chi connectivity index (χ2v) is 8.00. The summed E-state index contributed by atoms with van der Waals surface area (Å²) in [5, 5.41) is 4.45. The van der Waals surface area contributed by atoms with Crippen LogP contribution in [0.3, 0.4) is 0 Å². The van der Waals surface area contributed by atoms with Crippen molar-refractivity contribution in [1.82, 2.24) is 14.3 Å². The molecule has 0 N–H and O–H groups in total. The number of benzene rings is 1. The highest BCUT2D eigenvalue weighted by Crippen LogP contribution is 2.36. The summed E-state index contributed by atoms with van der Waals surface area (Å²) in [5.74, 6) is 2.36. The van der Waals surface area contributed by atoms with Crippen LogP contribution in [-0.2, 0) is 6.42 Å². The topological polar surface area (TPSA) is 51.1 Å². The highest BCUT2D eigenvalue weighted by Gasteiger charge is 2.25. The number of piperidine rings is 1. The van der Waals surface area contributed by atoms with Gasteiger partial charge in [0.15, 0.2) is 0 Å². The molecule has 0 radical (unpaired) electrons. The van der Waals surface area contributed by atoms with Crippen LogP contribution in [0.5, 0.6) is 5.75 Å². The fourth-order valence-corrected chi connectivity index (χ4v) is 5.08. The lowest BCUT2D eigenvalue weighted by Crippen LogP contribution is -2.32. The number of methoxy groups -OCH3 is 1. The Hall–Kier alpha value is -1.99. The molecule has 26 heavy (non-hydrogen) atoms. The summed E-state index contributed by atoms with van der Waals surface area (Å²) < 4.78 is 9.88. The van der Waals surface area contributed by atoms with Gasteiger partial charge in [0.2, 0.25) is 5.13 Å². The molecule has 0 spiro atoms. The Morgan fingerprint density at radius 1 is 1.19 bits per heavy atom. The molecule has 0 bridgehead atoms. The van der Waals surface area contributed by atoms with Crippen molar-refractivity contribution in [2.75, 3.05) is 25.1 Å². The minimum atomic E-state index is 0.526. The third kappa shape index (κ3) is 3.46. The van der Waals surface area contributed by atoms with Crippen molar-refractivity contribution in [3.8, 4) is 17.0 Å². The van der Waals surface area contributed by atoms with E-state index >= 15 is 0 Å². The number of para-hydroxylation sites is 1. The molecule has 5 nitrogen and oxygen atoms in total. The molecule has 7 heteroatoms. The van der Waals surface area contributed by atoms with Crippen LogP contribution in [0.25, 0.3) is 11.3 Å². The first-order chi connectivity index (χ1) is 12.8. The van der Waals surface area contributed by atoms with Crippen molar-refractivity contribution in [2.24, 2.45) is 0 Å². The van der Waals surface area contributed by atoms with Gasteiger partial charge in [-0.05, 0) is 25.0 Å². The largest absolute Gasteiger partial charge is 0.496 e. The Kier molecular flexibility index (Phi) is 5.17. The molecule has 0 atom stereocenters. The number of hydrogen-bond acceptors (Lipinski definition) is 7. The van der Waals surface area contributed by atoms with E-state index in [9.17, 15) is 0 Å². The Bertz CT molecular complexity index is 868. The normalized spacial score (nSPS) is 15.4. The molecule has 1 aliphatic rings. The maximum atomic E-state index is 5.47. The molecule has 0 saturated carbocycles. The number of thiazole rings is 1. The zero-order valence-electron chi connectivity index (χ0n) is 15.0. The first-order valence-corrected chi connectivity index (χ1v) is 10.6. The van der Waals surface area contributed by atoms with Gasteiger partial charge in [0, 0.05) is 47.9 Å². The highest BCUT2D eigenvalue weighted by atomic mass is 32.1. The molecular weight excluding hydrogens is 364 g/mol. The SMILES string of the molecule is CCc1nsc(N2CCC(c3nc(-c4ccccc4OC)cs3)CC2)n1. The zero-order chi connectivity index (χ0) is 17.9. The van der Waals surface area contributed by atoms with E-state index in [1.54, 1.807) is 18.4 Å². The Labute approximate surface area is 161 Å². The van der Waals surface area contributed by atoms with E-state index in [0.29, 0.717) is 5.92 Å². The summed E-state index contributed by atoms with van der Waals surface area (Å²) in [6, 6.07) is 8.07. The van der Waals surface area contributed by atoms with Crippen LogP contribution < -0.4 is 9.64 Å². The summed E-state index contributed by atoms with van der Waals surface area (Å²) in [6.07, 6.45) is 3.12. The Morgan fingerprint density at radius 3 is 2.73 bits per heavy atom. The lowest BCUT2D eigenvalue weighted by Gasteiger charge is -2.30. The molecule has 1 aliphatic heterocycles. The van der Waals surface area contributed by atoms with E-state index < -0.39 is 0 Å². The van der Waals surface area contributed by atoms with Gasteiger partial charge < -0.3 is 9.64 Å². The van der Waals surface area contributed by atoms with Crippen molar-refractivity contribution < 1.29 is 4.74 Å². The molecule has 0 unspecified atom stereocenters. The summed E-state index contributed by atoms with van der Waals surface area (Å²) in [7, 11) is 1.71. The molecule has 3 heterocycles. The average Bonchev–Trinajstić information content (AvgIpc) is 3.38. The number of nitrogens with zero attached hydrogens (tertiary/aromatic N) is 4. The molecule has 136 valence electrons. The average molecular weight is 387 g/mol. The van der Waals surface area contributed by atoms with Crippen LogP contribution in [-0.4, -0.2) is 34.5 Å². The van der Waals surface area contributed by atoms with Gasteiger partial charge in [-0.15, -0.1) is 11.3 Å². The third-order valence-corrected chi connectivity index (χ3v) is 6.62. The van der Waals surface area contributed by atoms with Gasteiger partial charge in [0.25, 0.3) is 0 Å². The van der Waals surface area contributed by atoms with Crippen LogP contribution >= 0.6 is 22.9 Å². The highest BCUT2D eigenvalue weighted by molar-refractivity contribution is 7.10. The Morgan fingerprint density at radius 2 is 2.00 bits per heavy atom. The second kappa shape index (κ2) is 7.72. The molecule has 4 rings (SSSR count). The Balaban J connectivity index is 1.44. The smallest absolute Gasteiger partial charge is 0.205 e. The lowest BCUT2D eigenvalue weighted by atomic mass is 9.98. The van der Waals surface area contributed by atoms with E-state index in [1.165, 1.54) is 16.5 Å². The number of anilines is 1. The molecule has 1 aromatic carbocycles. The van der Waals surface area contributed by atoms with Crippen LogP contribution in [0, 0.1) is 0 Å². The number of aromatic nitrogens is 3. The van der Waals surface area contributed by atoms with E-state index in [-0.39, 0.29) is 0 Å². The lowest BCUT2D eigenvalue weighted by molar-refractivity contribution is 0.416. The molecular formula is C19H22N4OS2. The molecule has 1 saturated heterocycles. The number of ether oxygens (including phenoxy) is 1. The second-order valence-electron chi connectivity index (χ2n) is 6.38. The first kappa shape index (κ1) is 17.4. The van der Waals surface area contributed by atoms with E-state index in [1.807, 2.05) is 18.2 Å². The van der Waals surface area contributed by atoms with Crippen LogP contribution in [0.1, 0.15) is 36.5 Å². The van der Waals surface area contributed by atoms with Gasteiger partial charge >= 0.3 is 0 Å². The third-order valence-electron chi connectivity index (χ3n) is 4.79. The zero-order valence-corrected chi connectivity index (χ0v) is 16.6. The quantitative estimate of drug-likeness (QED) is 0.640. The minimum absolute atomic E-state index is 0.526.